The third kappa shape index (κ3) is 1.72. The van der Waals surface area contributed by atoms with Gasteiger partial charge in [-0.3, -0.25) is 0 Å². The van der Waals surface area contributed by atoms with Crippen molar-refractivity contribution in [3.05, 3.63) is 0 Å². The van der Waals surface area contributed by atoms with Crippen LogP contribution in [0.5, 0.6) is 0 Å². The van der Waals surface area contributed by atoms with E-state index in [1.54, 1.807) is 0 Å². The molecular weight excluding hydrogens is 124 g/mol. The van der Waals surface area contributed by atoms with Gasteiger partial charge in [0.15, 0.2) is 0 Å². The molecule has 1 N–H and O–H groups in total. The van der Waals surface area contributed by atoms with Gasteiger partial charge in [0.1, 0.15) is 0 Å². The summed E-state index contributed by atoms with van der Waals surface area (Å²) in [6, 6.07) is 0. The monoisotopic (exact) mass is 142 g/mol. The van der Waals surface area contributed by atoms with E-state index in [0.717, 1.165) is 5.92 Å². The van der Waals surface area contributed by atoms with E-state index in [0.29, 0.717) is 12.5 Å². The van der Waals surface area contributed by atoms with Crippen molar-refractivity contribution in [1.82, 2.24) is 0 Å². The van der Waals surface area contributed by atoms with Gasteiger partial charge in [0.25, 0.3) is 0 Å². The molecule has 1 aliphatic rings. The van der Waals surface area contributed by atoms with Gasteiger partial charge in [-0.25, -0.2) is 0 Å². The molecule has 0 spiro atoms. The fourth-order valence-corrected chi connectivity index (χ4v) is 2.06. The minimum Gasteiger partial charge on any atom is -0.396 e. The van der Waals surface area contributed by atoms with Crippen LogP contribution in [0.2, 0.25) is 0 Å². The molecule has 0 heterocycles. The molecule has 0 aliphatic heterocycles. The van der Waals surface area contributed by atoms with Gasteiger partial charge in [0.2, 0.25) is 0 Å². The molecule has 60 valence electrons. The lowest BCUT2D eigenvalue weighted by Gasteiger charge is -2.28. The Morgan fingerprint density at radius 2 is 1.80 bits per heavy atom. The molecule has 1 nitrogen and oxygen atoms in total. The minimum absolute atomic E-state index is 0.415. The summed E-state index contributed by atoms with van der Waals surface area (Å²) in [4.78, 5) is 0. The van der Waals surface area contributed by atoms with Gasteiger partial charge in [0.05, 0.1) is 0 Å². The lowest BCUT2D eigenvalue weighted by atomic mass is 9.78. The highest BCUT2D eigenvalue weighted by Crippen LogP contribution is 2.31. The van der Waals surface area contributed by atoms with Crippen LogP contribution in [0.4, 0.5) is 0 Å². The van der Waals surface area contributed by atoms with Crippen molar-refractivity contribution in [3.8, 4) is 0 Å². The van der Waals surface area contributed by atoms with Crippen molar-refractivity contribution in [1.29, 1.82) is 0 Å². The summed E-state index contributed by atoms with van der Waals surface area (Å²) in [7, 11) is 0. The molecule has 1 heteroatoms. The average Bonchev–Trinajstić information content (AvgIpc) is 2.04. The summed E-state index contributed by atoms with van der Waals surface area (Å²) >= 11 is 0. The maximum absolute atomic E-state index is 8.99. The predicted octanol–water partition coefficient (Wildman–Crippen LogP) is 2.20. The molecule has 1 saturated carbocycles. The molecule has 1 fully saturated rings. The van der Waals surface area contributed by atoms with Crippen molar-refractivity contribution in [2.45, 2.75) is 39.0 Å². The van der Waals surface area contributed by atoms with Gasteiger partial charge < -0.3 is 5.11 Å². The van der Waals surface area contributed by atoms with Crippen molar-refractivity contribution in [2.75, 3.05) is 6.61 Å². The van der Waals surface area contributed by atoms with Crippen LogP contribution < -0.4 is 0 Å². The maximum Gasteiger partial charge on any atom is 0.0461 e. The third-order valence-electron chi connectivity index (χ3n) is 2.83. The summed E-state index contributed by atoms with van der Waals surface area (Å²) in [5.41, 5.74) is 0. The van der Waals surface area contributed by atoms with E-state index in [9.17, 15) is 0 Å². The normalized spacial score (nSPS) is 34.2. The molecule has 0 amide bonds. The Morgan fingerprint density at radius 1 is 1.20 bits per heavy atom. The summed E-state index contributed by atoms with van der Waals surface area (Å²) < 4.78 is 0. The number of hydrogen-bond donors (Lipinski definition) is 1. The maximum atomic E-state index is 8.99. The molecule has 0 saturated heterocycles. The molecule has 1 unspecified atom stereocenters. The SMILES string of the molecule is CCC1CCCC[C@@H]1CO. The van der Waals surface area contributed by atoms with Gasteiger partial charge in [-0.15, -0.1) is 0 Å². The van der Waals surface area contributed by atoms with Crippen LogP contribution in [0.1, 0.15) is 39.0 Å². The second kappa shape index (κ2) is 3.97. The second-order valence-corrected chi connectivity index (χ2v) is 3.40. The highest BCUT2D eigenvalue weighted by molar-refractivity contribution is 4.73. The first kappa shape index (κ1) is 8.06. The average molecular weight is 142 g/mol. The number of hydrogen-bond acceptors (Lipinski definition) is 1. The Balaban J connectivity index is 2.34. The number of aliphatic hydroxyl groups is 1. The smallest absolute Gasteiger partial charge is 0.0461 e. The molecule has 10 heavy (non-hydrogen) atoms. The fraction of sp³-hybridized carbons (Fsp3) is 1.00. The van der Waals surface area contributed by atoms with Crippen molar-refractivity contribution >= 4 is 0 Å². The van der Waals surface area contributed by atoms with Gasteiger partial charge in [-0.2, -0.15) is 0 Å². The van der Waals surface area contributed by atoms with Crippen LogP contribution in [0.3, 0.4) is 0 Å². The molecular formula is C9H18O. The highest BCUT2D eigenvalue weighted by Gasteiger charge is 2.22. The van der Waals surface area contributed by atoms with Crippen molar-refractivity contribution in [3.63, 3.8) is 0 Å². The topological polar surface area (TPSA) is 20.2 Å². The molecule has 0 aromatic heterocycles. The van der Waals surface area contributed by atoms with Crippen molar-refractivity contribution in [2.24, 2.45) is 11.8 Å². The van der Waals surface area contributed by atoms with Crippen LogP contribution in [-0.4, -0.2) is 11.7 Å². The molecule has 0 aromatic rings. The molecule has 2 atom stereocenters. The molecule has 0 bridgehead atoms. The number of aliphatic hydroxyl groups excluding tert-OH is 1. The number of rotatable bonds is 2. The lowest BCUT2D eigenvalue weighted by Crippen LogP contribution is -2.21. The molecule has 0 aromatic carbocycles. The standard InChI is InChI=1S/C9H18O/c1-2-8-5-3-4-6-9(8)7-10/h8-10H,2-7H2,1H3/t8?,9-/m1/s1. The first-order valence-corrected chi connectivity index (χ1v) is 4.49. The second-order valence-electron chi connectivity index (χ2n) is 3.40. The molecule has 1 aliphatic carbocycles. The van der Waals surface area contributed by atoms with Crippen LogP contribution in [0.15, 0.2) is 0 Å². The van der Waals surface area contributed by atoms with Gasteiger partial charge in [-0.05, 0) is 18.3 Å². The summed E-state index contributed by atoms with van der Waals surface area (Å²) in [6.45, 7) is 2.65. The Hall–Kier alpha value is -0.0400. The van der Waals surface area contributed by atoms with Crippen LogP contribution in [0, 0.1) is 11.8 Å². The van der Waals surface area contributed by atoms with Crippen LogP contribution in [0.25, 0.3) is 0 Å². The fourth-order valence-electron chi connectivity index (χ4n) is 2.06. The zero-order valence-corrected chi connectivity index (χ0v) is 6.84. The van der Waals surface area contributed by atoms with Gasteiger partial charge in [0, 0.05) is 6.61 Å². The summed E-state index contributed by atoms with van der Waals surface area (Å²) in [5, 5.41) is 8.99. The Labute approximate surface area is 63.4 Å². The van der Waals surface area contributed by atoms with Gasteiger partial charge >= 0.3 is 0 Å². The molecule has 1 rings (SSSR count). The Kier molecular flexibility index (Phi) is 3.20. The zero-order valence-electron chi connectivity index (χ0n) is 6.84. The largest absolute Gasteiger partial charge is 0.396 e. The summed E-state index contributed by atoms with van der Waals surface area (Å²) in [6.07, 6.45) is 6.58. The highest BCUT2D eigenvalue weighted by atomic mass is 16.3. The zero-order chi connectivity index (χ0) is 7.40. The van der Waals surface area contributed by atoms with Crippen LogP contribution in [-0.2, 0) is 0 Å². The van der Waals surface area contributed by atoms with Crippen molar-refractivity contribution < 1.29 is 5.11 Å². The van der Waals surface area contributed by atoms with Crippen LogP contribution >= 0.6 is 0 Å². The lowest BCUT2D eigenvalue weighted by molar-refractivity contribution is 0.132. The summed E-state index contributed by atoms with van der Waals surface area (Å²) in [5.74, 6) is 1.44. The van der Waals surface area contributed by atoms with Gasteiger partial charge in [-0.1, -0.05) is 32.6 Å². The first-order chi connectivity index (χ1) is 4.88. The van der Waals surface area contributed by atoms with E-state index in [1.807, 2.05) is 0 Å². The minimum atomic E-state index is 0.415. The van der Waals surface area contributed by atoms with E-state index in [-0.39, 0.29) is 0 Å². The van der Waals surface area contributed by atoms with E-state index in [2.05, 4.69) is 6.92 Å². The van der Waals surface area contributed by atoms with E-state index < -0.39 is 0 Å². The third-order valence-corrected chi connectivity index (χ3v) is 2.83. The Bertz CT molecular complexity index is 78.7. The quantitative estimate of drug-likeness (QED) is 0.626. The van der Waals surface area contributed by atoms with E-state index in [4.69, 9.17) is 5.11 Å². The molecule has 0 radical (unpaired) electrons. The van der Waals surface area contributed by atoms with E-state index >= 15 is 0 Å². The predicted molar refractivity (Wildman–Crippen MR) is 42.8 cm³/mol. The van der Waals surface area contributed by atoms with E-state index in [1.165, 1.54) is 32.1 Å². The Morgan fingerprint density at radius 3 is 2.20 bits per heavy atom. The first-order valence-electron chi connectivity index (χ1n) is 4.49.